The molecule has 1 aliphatic carbocycles. The fourth-order valence-electron chi connectivity index (χ4n) is 3.40. The third-order valence-electron chi connectivity index (χ3n) is 5.01. The van der Waals surface area contributed by atoms with E-state index in [1.807, 2.05) is 17.0 Å². The molecule has 0 bridgehead atoms. The molecule has 0 spiro atoms. The van der Waals surface area contributed by atoms with Gasteiger partial charge in [-0.05, 0) is 55.4 Å². The smallest absolute Gasteiger partial charge is 0.255 e. The second-order valence-electron chi connectivity index (χ2n) is 6.86. The Hall–Kier alpha value is -2.34. The number of aromatic nitrogens is 3. The van der Waals surface area contributed by atoms with Crippen LogP contribution in [0.4, 0.5) is 0 Å². The van der Waals surface area contributed by atoms with Crippen molar-refractivity contribution in [3.8, 4) is 0 Å². The average Bonchev–Trinajstić information content (AvgIpc) is 3.42. The van der Waals surface area contributed by atoms with Crippen LogP contribution >= 0.6 is 0 Å². The number of hydrogen-bond donors (Lipinski definition) is 0. The molecule has 1 saturated carbocycles. The first kappa shape index (κ1) is 16.1. The van der Waals surface area contributed by atoms with Crippen LogP contribution in [0.5, 0.6) is 0 Å². The Bertz CT molecular complexity index is 706. The summed E-state index contributed by atoms with van der Waals surface area (Å²) in [6, 6.07) is 5.78. The molecule has 4 rings (SSSR count). The molecule has 2 fully saturated rings. The normalized spacial score (nSPS) is 23.0. The lowest BCUT2D eigenvalue weighted by molar-refractivity contribution is 0.0200. The van der Waals surface area contributed by atoms with Gasteiger partial charge in [-0.25, -0.2) is 0 Å². The van der Waals surface area contributed by atoms with E-state index in [1.54, 1.807) is 24.7 Å². The van der Waals surface area contributed by atoms with Gasteiger partial charge in [0, 0.05) is 25.5 Å². The summed E-state index contributed by atoms with van der Waals surface area (Å²) >= 11 is 0. The van der Waals surface area contributed by atoms with E-state index in [1.165, 1.54) is 24.6 Å². The van der Waals surface area contributed by atoms with Crippen LogP contribution in [0.3, 0.4) is 0 Å². The molecule has 25 heavy (non-hydrogen) atoms. The number of carbonyl (C=O) groups is 1. The monoisotopic (exact) mass is 338 g/mol. The Morgan fingerprint density at radius 3 is 2.68 bits per heavy atom. The SMILES string of the molecule is O=C(c1ccnnc1)N1CC[C@H](OCC2CC2)[C@@H]1Cc1ccncc1. The van der Waals surface area contributed by atoms with Gasteiger partial charge in [0.2, 0.25) is 0 Å². The number of amides is 1. The van der Waals surface area contributed by atoms with Crippen molar-refractivity contribution in [1.29, 1.82) is 0 Å². The molecule has 130 valence electrons. The first-order chi connectivity index (χ1) is 12.3. The van der Waals surface area contributed by atoms with E-state index < -0.39 is 0 Å². The molecule has 1 aliphatic heterocycles. The van der Waals surface area contributed by atoms with Gasteiger partial charge in [0.25, 0.3) is 5.91 Å². The van der Waals surface area contributed by atoms with E-state index in [2.05, 4.69) is 15.2 Å². The minimum Gasteiger partial charge on any atom is -0.376 e. The van der Waals surface area contributed by atoms with Crippen molar-refractivity contribution in [3.05, 3.63) is 54.1 Å². The highest BCUT2D eigenvalue weighted by atomic mass is 16.5. The fourth-order valence-corrected chi connectivity index (χ4v) is 3.40. The number of pyridine rings is 1. The number of nitrogens with zero attached hydrogens (tertiary/aromatic N) is 4. The maximum absolute atomic E-state index is 12.9. The van der Waals surface area contributed by atoms with Crippen molar-refractivity contribution < 1.29 is 9.53 Å². The standard InChI is InChI=1S/C19H22N4O2/c24-19(16-5-9-21-22-12-16)23-10-6-18(25-13-15-1-2-15)17(23)11-14-3-7-20-8-4-14/h3-5,7-9,12,15,17-18H,1-2,6,10-11,13H2/t17-,18-/m0/s1. The summed E-state index contributed by atoms with van der Waals surface area (Å²) in [6.45, 7) is 1.53. The summed E-state index contributed by atoms with van der Waals surface area (Å²) < 4.78 is 6.19. The van der Waals surface area contributed by atoms with Gasteiger partial charge in [-0.2, -0.15) is 10.2 Å². The summed E-state index contributed by atoms with van der Waals surface area (Å²) in [6.07, 6.45) is 11.0. The maximum atomic E-state index is 12.9. The number of hydrogen-bond acceptors (Lipinski definition) is 5. The minimum absolute atomic E-state index is 0.00600. The van der Waals surface area contributed by atoms with E-state index >= 15 is 0 Å². The van der Waals surface area contributed by atoms with Gasteiger partial charge in [-0.15, -0.1) is 0 Å². The van der Waals surface area contributed by atoms with Crippen molar-refractivity contribution >= 4 is 5.91 Å². The van der Waals surface area contributed by atoms with Gasteiger partial charge < -0.3 is 9.64 Å². The van der Waals surface area contributed by atoms with Crippen LogP contribution in [0.15, 0.2) is 43.0 Å². The van der Waals surface area contributed by atoms with Gasteiger partial charge in [-0.1, -0.05) is 0 Å². The number of rotatable bonds is 6. The Labute approximate surface area is 147 Å². The van der Waals surface area contributed by atoms with E-state index in [9.17, 15) is 4.79 Å². The Balaban J connectivity index is 1.52. The van der Waals surface area contributed by atoms with Crippen molar-refractivity contribution in [2.75, 3.05) is 13.2 Å². The Morgan fingerprint density at radius 1 is 1.12 bits per heavy atom. The van der Waals surface area contributed by atoms with Crippen LogP contribution in [-0.2, 0) is 11.2 Å². The third-order valence-corrected chi connectivity index (χ3v) is 5.01. The molecule has 2 aromatic heterocycles. The zero-order valence-electron chi connectivity index (χ0n) is 14.1. The molecule has 2 atom stereocenters. The number of likely N-dealkylation sites (tertiary alicyclic amines) is 1. The molecule has 3 heterocycles. The predicted octanol–water partition coefficient (Wildman–Crippen LogP) is 2.12. The summed E-state index contributed by atoms with van der Waals surface area (Å²) in [7, 11) is 0. The molecule has 0 N–H and O–H groups in total. The summed E-state index contributed by atoms with van der Waals surface area (Å²) in [5.41, 5.74) is 1.75. The van der Waals surface area contributed by atoms with Crippen LogP contribution in [0, 0.1) is 5.92 Å². The fraction of sp³-hybridized carbons (Fsp3) is 0.474. The van der Waals surface area contributed by atoms with Crippen molar-refractivity contribution in [3.63, 3.8) is 0 Å². The van der Waals surface area contributed by atoms with E-state index in [0.29, 0.717) is 12.1 Å². The summed E-state index contributed by atoms with van der Waals surface area (Å²) in [5, 5.41) is 7.60. The molecule has 1 saturated heterocycles. The summed E-state index contributed by atoms with van der Waals surface area (Å²) in [5.74, 6) is 0.724. The molecule has 6 heteroatoms. The quantitative estimate of drug-likeness (QED) is 0.807. The lowest BCUT2D eigenvalue weighted by atomic mass is 10.0. The zero-order valence-corrected chi connectivity index (χ0v) is 14.1. The van der Waals surface area contributed by atoms with E-state index in [0.717, 1.165) is 25.4 Å². The molecule has 0 radical (unpaired) electrons. The first-order valence-electron chi connectivity index (χ1n) is 8.89. The van der Waals surface area contributed by atoms with Crippen molar-refractivity contribution in [2.24, 2.45) is 5.92 Å². The number of ether oxygens (including phenoxy) is 1. The van der Waals surface area contributed by atoms with Gasteiger partial charge >= 0.3 is 0 Å². The molecular formula is C19H22N4O2. The number of carbonyl (C=O) groups excluding carboxylic acids is 1. The van der Waals surface area contributed by atoms with Crippen LogP contribution in [0.25, 0.3) is 0 Å². The average molecular weight is 338 g/mol. The second-order valence-corrected chi connectivity index (χ2v) is 6.86. The Morgan fingerprint density at radius 2 is 1.96 bits per heavy atom. The first-order valence-corrected chi connectivity index (χ1v) is 8.89. The summed E-state index contributed by atoms with van der Waals surface area (Å²) in [4.78, 5) is 19.0. The van der Waals surface area contributed by atoms with Gasteiger partial charge in [0.05, 0.1) is 30.1 Å². The molecular weight excluding hydrogens is 316 g/mol. The van der Waals surface area contributed by atoms with Crippen LogP contribution < -0.4 is 0 Å². The van der Waals surface area contributed by atoms with Gasteiger partial charge in [0.15, 0.2) is 0 Å². The van der Waals surface area contributed by atoms with Gasteiger partial charge in [0.1, 0.15) is 0 Å². The molecule has 6 nitrogen and oxygen atoms in total. The topological polar surface area (TPSA) is 68.2 Å². The van der Waals surface area contributed by atoms with E-state index in [-0.39, 0.29) is 18.1 Å². The van der Waals surface area contributed by atoms with Gasteiger partial charge in [-0.3, -0.25) is 9.78 Å². The molecule has 2 aromatic rings. The highest BCUT2D eigenvalue weighted by Gasteiger charge is 2.39. The highest BCUT2D eigenvalue weighted by molar-refractivity contribution is 5.94. The zero-order chi connectivity index (χ0) is 17.1. The Kier molecular flexibility index (Phi) is 4.70. The highest BCUT2D eigenvalue weighted by Crippen LogP contribution is 2.32. The van der Waals surface area contributed by atoms with Crippen LogP contribution in [0.1, 0.15) is 35.2 Å². The largest absolute Gasteiger partial charge is 0.376 e. The maximum Gasteiger partial charge on any atom is 0.255 e. The van der Waals surface area contributed by atoms with Crippen molar-refractivity contribution in [2.45, 2.75) is 37.8 Å². The van der Waals surface area contributed by atoms with Crippen LogP contribution in [0.2, 0.25) is 0 Å². The van der Waals surface area contributed by atoms with E-state index in [4.69, 9.17) is 4.74 Å². The van der Waals surface area contributed by atoms with Crippen molar-refractivity contribution in [1.82, 2.24) is 20.1 Å². The minimum atomic E-state index is 0.00600. The molecule has 2 aliphatic rings. The molecule has 0 aromatic carbocycles. The molecule has 0 unspecified atom stereocenters. The third kappa shape index (κ3) is 3.85. The lowest BCUT2D eigenvalue weighted by Crippen LogP contribution is -2.42. The second kappa shape index (κ2) is 7.27. The van der Waals surface area contributed by atoms with Crippen LogP contribution in [-0.4, -0.2) is 51.3 Å². The predicted molar refractivity (Wildman–Crippen MR) is 91.9 cm³/mol. The lowest BCUT2D eigenvalue weighted by Gasteiger charge is -2.28. The molecule has 1 amide bonds.